The average Bonchev–Trinajstić information content (AvgIpc) is 2.65. The molecule has 0 aliphatic carbocycles. The summed E-state index contributed by atoms with van der Waals surface area (Å²) < 4.78 is 0. The van der Waals surface area contributed by atoms with Gasteiger partial charge in [-0.15, -0.1) is 0 Å². The number of aliphatic imine (C=N–C) groups is 1. The van der Waals surface area contributed by atoms with Crippen LogP contribution in [0.2, 0.25) is 0 Å². The number of nitrogens with zero attached hydrogens (tertiary/aromatic N) is 2. The van der Waals surface area contributed by atoms with E-state index >= 15 is 0 Å². The molecule has 0 bridgehead atoms. The number of allylic oxidation sites excluding steroid dienone is 1. The Labute approximate surface area is 81.0 Å². The summed E-state index contributed by atoms with van der Waals surface area (Å²) in [5.41, 5.74) is 2.49. The van der Waals surface area contributed by atoms with Crippen molar-refractivity contribution < 1.29 is 0 Å². The maximum Gasteiger partial charge on any atom is 0.115 e. The van der Waals surface area contributed by atoms with E-state index in [9.17, 15) is 0 Å². The van der Waals surface area contributed by atoms with E-state index in [1.807, 2.05) is 6.21 Å². The first-order chi connectivity index (χ1) is 6.45. The maximum atomic E-state index is 4.25. The first kappa shape index (κ1) is 7.21. The molecule has 2 aliphatic rings. The minimum absolute atomic E-state index is 0.767. The number of benzene rings is 1. The third kappa shape index (κ3) is 1.00. The highest BCUT2D eigenvalue weighted by Crippen LogP contribution is 2.38. The number of hydrogen-bond acceptors (Lipinski definition) is 3. The molecule has 13 heavy (non-hydrogen) atoms. The molecule has 0 atom stereocenters. The highest BCUT2D eigenvalue weighted by atomic mass is 32.2. The number of para-hydroxylation sites is 1. The van der Waals surface area contributed by atoms with E-state index in [1.54, 1.807) is 11.8 Å². The molecule has 2 nitrogen and oxygen atoms in total. The van der Waals surface area contributed by atoms with E-state index in [-0.39, 0.29) is 0 Å². The SMILES string of the molecule is C1=NCN2C1=CSc1ccccc12. The van der Waals surface area contributed by atoms with Crippen molar-refractivity contribution in [3.8, 4) is 0 Å². The largest absolute Gasteiger partial charge is 0.318 e. The predicted molar refractivity (Wildman–Crippen MR) is 56.2 cm³/mol. The molecular formula is C10H8N2S. The summed E-state index contributed by atoms with van der Waals surface area (Å²) >= 11 is 1.77. The van der Waals surface area contributed by atoms with Crippen molar-refractivity contribution in [1.82, 2.24) is 0 Å². The van der Waals surface area contributed by atoms with Gasteiger partial charge in [0.1, 0.15) is 6.67 Å². The van der Waals surface area contributed by atoms with Gasteiger partial charge in [0.2, 0.25) is 0 Å². The highest BCUT2D eigenvalue weighted by Gasteiger charge is 2.21. The maximum absolute atomic E-state index is 4.25. The van der Waals surface area contributed by atoms with Crippen LogP contribution in [0.5, 0.6) is 0 Å². The van der Waals surface area contributed by atoms with Crippen molar-refractivity contribution in [3.63, 3.8) is 0 Å². The van der Waals surface area contributed by atoms with Crippen LogP contribution in [0.1, 0.15) is 0 Å². The van der Waals surface area contributed by atoms with Gasteiger partial charge in [0.25, 0.3) is 0 Å². The van der Waals surface area contributed by atoms with Gasteiger partial charge in [-0.1, -0.05) is 23.9 Å². The van der Waals surface area contributed by atoms with Crippen LogP contribution in [0.15, 0.2) is 45.3 Å². The van der Waals surface area contributed by atoms with Crippen LogP contribution in [0.4, 0.5) is 5.69 Å². The lowest BCUT2D eigenvalue weighted by Crippen LogP contribution is -2.20. The van der Waals surface area contributed by atoms with Crippen molar-refractivity contribution in [1.29, 1.82) is 0 Å². The van der Waals surface area contributed by atoms with Crippen molar-refractivity contribution in [3.05, 3.63) is 35.4 Å². The molecular weight excluding hydrogens is 180 g/mol. The molecule has 1 aromatic carbocycles. The molecule has 0 fully saturated rings. The Balaban J connectivity index is 2.14. The van der Waals surface area contributed by atoms with E-state index in [0.717, 1.165) is 6.67 Å². The molecule has 0 spiro atoms. The Morgan fingerprint density at radius 3 is 3.23 bits per heavy atom. The third-order valence-corrected chi connectivity index (χ3v) is 3.18. The van der Waals surface area contributed by atoms with E-state index in [0.29, 0.717) is 0 Å². The number of thioether (sulfide) groups is 1. The highest BCUT2D eigenvalue weighted by molar-refractivity contribution is 8.02. The number of rotatable bonds is 0. The summed E-state index contributed by atoms with van der Waals surface area (Å²) in [5.74, 6) is 0. The molecule has 0 saturated heterocycles. The fraction of sp³-hybridized carbons (Fsp3) is 0.100. The summed E-state index contributed by atoms with van der Waals surface area (Å²) in [4.78, 5) is 7.79. The van der Waals surface area contributed by atoms with Gasteiger partial charge in [0, 0.05) is 16.5 Å². The molecule has 3 rings (SSSR count). The molecule has 0 amide bonds. The fourth-order valence-electron chi connectivity index (χ4n) is 1.58. The fourth-order valence-corrected chi connectivity index (χ4v) is 2.47. The Kier molecular flexibility index (Phi) is 1.46. The smallest absolute Gasteiger partial charge is 0.115 e. The minimum atomic E-state index is 0.767. The molecule has 2 aliphatic heterocycles. The van der Waals surface area contributed by atoms with Crippen molar-refractivity contribution in [2.24, 2.45) is 4.99 Å². The first-order valence-corrected chi connectivity index (χ1v) is 5.06. The van der Waals surface area contributed by atoms with Gasteiger partial charge in [0.05, 0.1) is 11.4 Å². The lowest BCUT2D eigenvalue weighted by atomic mass is 10.3. The Hall–Kier alpha value is -1.22. The Bertz CT molecular complexity index is 409. The van der Waals surface area contributed by atoms with Gasteiger partial charge in [-0.2, -0.15) is 0 Å². The summed E-state index contributed by atoms with van der Waals surface area (Å²) in [6.07, 6.45) is 1.93. The van der Waals surface area contributed by atoms with Gasteiger partial charge >= 0.3 is 0 Å². The van der Waals surface area contributed by atoms with Crippen LogP contribution in [0.25, 0.3) is 0 Å². The second kappa shape index (κ2) is 2.64. The van der Waals surface area contributed by atoms with Gasteiger partial charge in [0.15, 0.2) is 0 Å². The second-order valence-corrected chi connectivity index (χ2v) is 3.92. The second-order valence-electron chi connectivity index (χ2n) is 3.01. The quantitative estimate of drug-likeness (QED) is 0.621. The molecule has 0 aromatic heterocycles. The zero-order chi connectivity index (χ0) is 8.67. The lowest BCUT2D eigenvalue weighted by Gasteiger charge is -2.24. The lowest BCUT2D eigenvalue weighted by molar-refractivity contribution is 0.986. The van der Waals surface area contributed by atoms with E-state index < -0.39 is 0 Å². The molecule has 0 saturated carbocycles. The number of fused-ring (bicyclic) bond motifs is 3. The van der Waals surface area contributed by atoms with Gasteiger partial charge < -0.3 is 4.90 Å². The number of hydrogen-bond donors (Lipinski definition) is 0. The van der Waals surface area contributed by atoms with Crippen LogP contribution >= 0.6 is 11.8 Å². The summed E-state index contributed by atoms with van der Waals surface area (Å²) in [5, 5.41) is 2.15. The number of anilines is 1. The van der Waals surface area contributed by atoms with Crippen molar-refractivity contribution >= 4 is 23.7 Å². The molecule has 1 aromatic rings. The van der Waals surface area contributed by atoms with Crippen LogP contribution in [0.3, 0.4) is 0 Å². The zero-order valence-electron chi connectivity index (χ0n) is 6.97. The predicted octanol–water partition coefficient (Wildman–Crippen LogP) is 2.48. The molecule has 2 heterocycles. The van der Waals surface area contributed by atoms with Crippen molar-refractivity contribution in [2.45, 2.75) is 4.90 Å². The van der Waals surface area contributed by atoms with Gasteiger partial charge in [-0.05, 0) is 12.1 Å². The summed E-state index contributed by atoms with van der Waals surface area (Å²) in [6.45, 7) is 0.767. The molecule has 0 radical (unpaired) electrons. The first-order valence-electron chi connectivity index (χ1n) is 4.18. The van der Waals surface area contributed by atoms with Crippen LogP contribution in [-0.4, -0.2) is 12.9 Å². The van der Waals surface area contributed by atoms with Crippen LogP contribution in [-0.2, 0) is 0 Å². The van der Waals surface area contributed by atoms with Gasteiger partial charge in [-0.25, -0.2) is 0 Å². The van der Waals surface area contributed by atoms with E-state index in [4.69, 9.17) is 0 Å². The zero-order valence-corrected chi connectivity index (χ0v) is 7.79. The molecule has 0 unspecified atom stereocenters. The standard InChI is InChI=1S/C10H8N2S/c1-2-4-10-9(3-1)12-7-11-5-8(12)6-13-10/h1-6H,7H2. The Morgan fingerprint density at radius 2 is 2.23 bits per heavy atom. The normalized spacial score (nSPS) is 18.2. The molecule has 3 heteroatoms. The summed E-state index contributed by atoms with van der Waals surface area (Å²) in [6, 6.07) is 8.43. The van der Waals surface area contributed by atoms with Gasteiger partial charge in [-0.3, -0.25) is 4.99 Å². The monoisotopic (exact) mass is 188 g/mol. The van der Waals surface area contributed by atoms with Crippen LogP contribution < -0.4 is 4.90 Å². The summed E-state index contributed by atoms with van der Waals surface area (Å²) in [7, 11) is 0. The minimum Gasteiger partial charge on any atom is -0.318 e. The average molecular weight is 188 g/mol. The van der Waals surface area contributed by atoms with Crippen LogP contribution in [0, 0.1) is 0 Å². The van der Waals surface area contributed by atoms with Crippen molar-refractivity contribution in [2.75, 3.05) is 11.6 Å². The topological polar surface area (TPSA) is 15.6 Å². The molecule has 0 N–H and O–H groups in total. The Morgan fingerprint density at radius 1 is 1.31 bits per heavy atom. The van der Waals surface area contributed by atoms with E-state index in [2.05, 4.69) is 39.6 Å². The third-order valence-electron chi connectivity index (χ3n) is 2.22. The van der Waals surface area contributed by atoms with E-state index in [1.165, 1.54) is 16.3 Å². The molecule has 64 valence electrons.